The lowest BCUT2D eigenvalue weighted by atomic mass is 9.99. The van der Waals surface area contributed by atoms with Gasteiger partial charge in [0.25, 0.3) is 0 Å². The van der Waals surface area contributed by atoms with Gasteiger partial charge in [0.05, 0.1) is 6.04 Å². The van der Waals surface area contributed by atoms with Crippen LogP contribution in [0.2, 0.25) is 5.02 Å². The van der Waals surface area contributed by atoms with Crippen LogP contribution in [0.1, 0.15) is 17.2 Å². The molecule has 0 radical (unpaired) electrons. The van der Waals surface area contributed by atoms with E-state index in [1.165, 1.54) is 5.56 Å². The van der Waals surface area contributed by atoms with Crippen molar-refractivity contribution in [3.63, 3.8) is 0 Å². The number of benzene rings is 2. The minimum atomic E-state index is 0.0509. The zero-order chi connectivity index (χ0) is 13.8. The largest absolute Gasteiger partial charge is 0.271 e. The maximum atomic E-state index is 5.89. The standard InChI is InChI=1S/C14H13Br2ClN2/c15-11-6-10(7-12(16)8-11)14(19-18)5-9-1-3-13(17)4-2-9/h1-4,6-8,14,19H,5,18H2. The van der Waals surface area contributed by atoms with Gasteiger partial charge in [0, 0.05) is 14.0 Å². The molecule has 100 valence electrons. The molecule has 0 amide bonds. The first-order chi connectivity index (χ1) is 9.08. The molecule has 0 saturated carbocycles. The van der Waals surface area contributed by atoms with Gasteiger partial charge in [0.1, 0.15) is 0 Å². The van der Waals surface area contributed by atoms with Gasteiger partial charge in [0.2, 0.25) is 0 Å². The molecule has 0 bridgehead atoms. The third-order valence-electron chi connectivity index (χ3n) is 2.84. The molecular formula is C14H13Br2ClN2. The minimum absolute atomic E-state index is 0.0509. The molecule has 0 aliphatic carbocycles. The van der Waals surface area contributed by atoms with Crippen LogP contribution in [0.5, 0.6) is 0 Å². The fourth-order valence-corrected chi connectivity index (χ4v) is 3.36. The number of rotatable bonds is 4. The Morgan fingerprint density at radius 2 is 1.63 bits per heavy atom. The summed E-state index contributed by atoms with van der Waals surface area (Å²) in [5.41, 5.74) is 5.17. The highest BCUT2D eigenvalue weighted by molar-refractivity contribution is 9.11. The Bertz CT molecular complexity index is 538. The summed E-state index contributed by atoms with van der Waals surface area (Å²) in [6.45, 7) is 0. The van der Waals surface area contributed by atoms with E-state index in [-0.39, 0.29) is 6.04 Å². The molecule has 0 fully saturated rings. The molecule has 1 atom stereocenters. The maximum Gasteiger partial charge on any atom is 0.0501 e. The second-order valence-corrected chi connectivity index (χ2v) is 6.52. The second kappa shape index (κ2) is 6.86. The van der Waals surface area contributed by atoms with Gasteiger partial charge in [-0.15, -0.1) is 0 Å². The first-order valence-electron chi connectivity index (χ1n) is 5.75. The summed E-state index contributed by atoms with van der Waals surface area (Å²) in [5, 5.41) is 0.742. The van der Waals surface area contributed by atoms with Gasteiger partial charge < -0.3 is 0 Å². The topological polar surface area (TPSA) is 38.0 Å². The quantitative estimate of drug-likeness (QED) is 0.577. The Kier molecular flexibility index (Phi) is 5.42. The Balaban J connectivity index is 2.22. The van der Waals surface area contributed by atoms with Crippen molar-refractivity contribution in [1.82, 2.24) is 5.43 Å². The van der Waals surface area contributed by atoms with Crippen LogP contribution in [0, 0.1) is 0 Å². The molecule has 0 aromatic heterocycles. The van der Waals surface area contributed by atoms with Crippen LogP contribution in [0.3, 0.4) is 0 Å². The van der Waals surface area contributed by atoms with Crippen LogP contribution in [-0.2, 0) is 6.42 Å². The monoisotopic (exact) mass is 402 g/mol. The summed E-state index contributed by atoms with van der Waals surface area (Å²) in [6.07, 6.45) is 0.802. The van der Waals surface area contributed by atoms with Crippen LogP contribution in [0.15, 0.2) is 51.4 Å². The van der Waals surface area contributed by atoms with E-state index in [9.17, 15) is 0 Å². The average Bonchev–Trinajstić information content (AvgIpc) is 2.37. The normalized spacial score (nSPS) is 12.4. The van der Waals surface area contributed by atoms with E-state index in [1.807, 2.05) is 30.3 Å². The molecule has 2 rings (SSSR count). The van der Waals surface area contributed by atoms with Gasteiger partial charge in [-0.3, -0.25) is 11.3 Å². The molecule has 0 spiro atoms. The minimum Gasteiger partial charge on any atom is -0.271 e. The Morgan fingerprint density at radius 1 is 1.05 bits per heavy atom. The molecule has 0 heterocycles. The van der Waals surface area contributed by atoms with E-state index in [0.29, 0.717) is 0 Å². The van der Waals surface area contributed by atoms with Gasteiger partial charge in [0.15, 0.2) is 0 Å². The van der Waals surface area contributed by atoms with Crippen molar-refractivity contribution in [2.75, 3.05) is 0 Å². The molecule has 2 nitrogen and oxygen atoms in total. The average molecular weight is 405 g/mol. The van der Waals surface area contributed by atoms with E-state index in [1.54, 1.807) is 0 Å². The summed E-state index contributed by atoms with van der Waals surface area (Å²) in [4.78, 5) is 0. The fourth-order valence-electron chi connectivity index (χ4n) is 1.91. The predicted octanol–water partition coefficient (Wildman–Crippen LogP) is 4.61. The van der Waals surface area contributed by atoms with Crippen LogP contribution >= 0.6 is 43.5 Å². The number of hydrogen-bond donors (Lipinski definition) is 2. The maximum absolute atomic E-state index is 5.89. The lowest BCUT2D eigenvalue weighted by molar-refractivity contribution is 0.551. The van der Waals surface area contributed by atoms with Gasteiger partial charge in [-0.25, -0.2) is 0 Å². The Hall–Kier alpha value is -0.390. The van der Waals surface area contributed by atoms with Crippen LogP contribution < -0.4 is 11.3 Å². The number of nitrogens with two attached hydrogens (primary N) is 1. The molecule has 0 aliphatic rings. The van der Waals surface area contributed by atoms with Crippen molar-refractivity contribution in [3.05, 3.63) is 67.6 Å². The molecule has 3 N–H and O–H groups in total. The summed E-state index contributed by atoms with van der Waals surface area (Å²) < 4.78 is 2.04. The summed E-state index contributed by atoms with van der Waals surface area (Å²) in [5.74, 6) is 5.68. The molecular weight excluding hydrogens is 391 g/mol. The number of hydrazine groups is 1. The van der Waals surface area contributed by atoms with Crippen LogP contribution in [-0.4, -0.2) is 0 Å². The molecule has 0 aliphatic heterocycles. The third kappa shape index (κ3) is 4.29. The summed E-state index contributed by atoms with van der Waals surface area (Å²) in [6, 6.07) is 14.0. The van der Waals surface area contributed by atoms with Crippen molar-refractivity contribution in [2.45, 2.75) is 12.5 Å². The van der Waals surface area contributed by atoms with Crippen molar-refractivity contribution in [2.24, 2.45) is 5.84 Å². The van der Waals surface area contributed by atoms with Gasteiger partial charge >= 0.3 is 0 Å². The SMILES string of the molecule is NNC(Cc1ccc(Cl)cc1)c1cc(Br)cc(Br)c1. The van der Waals surface area contributed by atoms with Crippen molar-refractivity contribution in [3.8, 4) is 0 Å². The molecule has 2 aromatic rings. The van der Waals surface area contributed by atoms with E-state index in [4.69, 9.17) is 17.4 Å². The van der Waals surface area contributed by atoms with E-state index in [2.05, 4.69) is 49.4 Å². The van der Waals surface area contributed by atoms with Crippen LogP contribution in [0.25, 0.3) is 0 Å². The number of hydrogen-bond acceptors (Lipinski definition) is 2. The molecule has 5 heteroatoms. The third-order valence-corrected chi connectivity index (χ3v) is 4.01. The lowest BCUT2D eigenvalue weighted by Gasteiger charge is -2.17. The van der Waals surface area contributed by atoms with Crippen molar-refractivity contribution in [1.29, 1.82) is 0 Å². The highest BCUT2D eigenvalue weighted by Gasteiger charge is 2.12. The smallest absolute Gasteiger partial charge is 0.0501 e. The van der Waals surface area contributed by atoms with Gasteiger partial charge in [-0.05, 0) is 47.9 Å². The highest BCUT2D eigenvalue weighted by atomic mass is 79.9. The zero-order valence-corrected chi connectivity index (χ0v) is 14.0. The number of halogens is 3. The fraction of sp³-hybridized carbons (Fsp3) is 0.143. The van der Waals surface area contributed by atoms with Gasteiger partial charge in [-0.2, -0.15) is 0 Å². The summed E-state index contributed by atoms with van der Waals surface area (Å²) in [7, 11) is 0. The predicted molar refractivity (Wildman–Crippen MR) is 87.1 cm³/mol. The molecule has 1 unspecified atom stereocenters. The van der Waals surface area contributed by atoms with Crippen LogP contribution in [0.4, 0.5) is 0 Å². The van der Waals surface area contributed by atoms with E-state index >= 15 is 0 Å². The van der Waals surface area contributed by atoms with E-state index in [0.717, 1.165) is 26.0 Å². The van der Waals surface area contributed by atoms with E-state index < -0.39 is 0 Å². The molecule has 2 aromatic carbocycles. The summed E-state index contributed by atoms with van der Waals surface area (Å²) >= 11 is 12.9. The molecule has 0 saturated heterocycles. The molecule has 19 heavy (non-hydrogen) atoms. The Morgan fingerprint density at radius 3 is 2.16 bits per heavy atom. The number of nitrogens with one attached hydrogen (secondary N) is 1. The first kappa shape index (κ1) is 15.0. The zero-order valence-electron chi connectivity index (χ0n) is 10.0. The van der Waals surface area contributed by atoms with Crippen molar-refractivity contribution < 1.29 is 0 Å². The van der Waals surface area contributed by atoms with Crippen molar-refractivity contribution >= 4 is 43.5 Å². The van der Waals surface area contributed by atoms with Gasteiger partial charge in [-0.1, -0.05) is 55.6 Å². The highest BCUT2D eigenvalue weighted by Crippen LogP contribution is 2.26. The lowest BCUT2D eigenvalue weighted by Crippen LogP contribution is -2.29. The Labute approximate surface area is 134 Å². The first-order valence-corrected chi connectivity index (χ1v) is 7.71. The second-order valence-electron chi connectivity index (χ2n) is 4.25.